The van der Waals surface area contributed by atoms with E-state index >= 15 is 0 Å². The molecule has 0 aromatic rings. The molecule has 0 aliphatic heterocycles. The molecule has 0 bridgehead atoms. The van der Waals surface area contributed by atoms with E-state index in [0.717, 1.165) is 12.8 Å². The van der Waals surface area contributed by atoms with Crippen LogP contribution in [0.4, 0.5) is 0 Å². The molecule has 0 aromatic heterocycles. The highest BCUT2D eigenvalue weighted by atomic mass is 35.5. The van der Waals surface area contributed by atoms with Crippen LogP contribution in [0.5, 0.6) is 0 Å². The number of ether oxygens (including phenoxy) is 1. The molecule has 0 heterocycles. The fourth-order valence-electron chi connectivity index (χ4n) is 2.66. The van der Waals surface area contributed by atoms with Crippen molar-refractivity contribution in [3.63, 3.8) is 0 Å². The monoisotopic (exact) mass is 392 g/mol. The Morgan fingerprint density at radius 3 is 1.88 bits per heavy atom. The summed E-state index contributed by atoms with van der Waals surface area (Å²) >= 11 is 11.4. The smallest absolute Gasteiger partial charge is 0.330 e. The van der Waals surface area contributed by atoms with Gasteiger partial charge in [0, 0.05) is 6.08 Å². The lowest BCUT2D eigenvalue weighted by atomic mass is 10.0. The van der Waals surface area contributed by atoms with Crippen LogP contribution in [0.1, 0.15) is 84.0 Å². The van der Waals surface area contributed by atoms with E-state index < -0.39 is 0 Å². The van der Waals surface area contributed by atoms with Gasteiger partial charge >= 0.3 is 5.97 Å². The first-order chi connectivity index (χ1) is 11.6. The number of hydrogen-bond acceptors (Lipinski definition) is 2. The minimum absolute atomic E-state index is 0.00999. The molecule has 0 saturated heterocycles. The molecule has 140 valence electrons. The molecule has 0 aromatic carbocycles. The van der Waals surface area contributed by atoms with E-state index in [-0.39, 0.29) is 16.5 Å². The predicted molar refractivity (Wildman–Crippen MR) is 107 cm³/mol. The molecule has 1 unspecified atom stereocenters. The van der Waals surface area contributed by atoms with Gasteiger partial charge < -0.3 is 4.74 Å². The second-order valence-electron chi connectivity index (χ2n) is 6.38. The van der Waals surface area contributed by atoms with Gasteiger partial charge in [-0.15, -0.1) is 23.2 Å². The summed E-state index contributed by atoms with van der Waals surface area (Å²) in [6, 6.07) is 1.18. The normalized spacial score (nSPS) is 12.3. The summed E-state index contributed by atoms with van der Waals surface area (Å²) in [4.78, 5) is 11.0. The zero-order chi connectivity index (χ0) is 18.0. The first-order valence-electron chi connectivity index (χ1n) is 9.41. The molecule has 24 heavy (non-hydrogen) atoms. The van der Waals surface area contributed by atoms with E-state index in [0.29, 0.717) is 9.52 Å². The molecule has 0 aliphatic carbocycles. The third kappa shape index (κ3) is 18.3. The van der Waals surface area contributed by atoms with Crippen LogP contribution in [-0.4, -0.2) is 26.1 Å². The van der Waals surface area contributed by atoms with Gasteiger partial charge in [0.2, 0.25) is 0 Å². The standard InChI is InChI=1S/C19H34Cl2O2Si/c1-3-18(22)23-17(2)15-13-11-9-7-5-4-6-8-10-12-14-16-24-19(20)21/h3,17,19H,1,4-16H2,2H3. The number of unbranched alkanes of at least 4 members (excludes halogenated alkanes) is 10. The van der Waals surface area contributed by atoms with Gasteiger partial charge in [-0.05, 0) is 19.8 Å². The summed E-state index contributed by atoms with van der Waals surface area (Å²) in [5, 5.41) is 0. The molecule has 2 nitrogen and oxygen atoms in total. The van der Waals surface area contributed by atoms with E-state index in [1.54, 1.807) is 0 Å². The molecular weight excluding hydrogens is 359 g/mol. The third-order valence-corrected chi connectivity index (χ3v) is 5.95. The fourth-order valence-corrected chi connectivity index (χ4v) is 3.99. The second kappa shape index (κ2) is 17.8. The van der Waals surface area contributed by atoms with Crippen molar-refractivity contribution < 1.29 is 9.53 Å². The summed E-state index contributed by atoms with van der Waals surface area (Å²) in [6.45, 7) is 5.36. The second-order valence-corrected chi connectivity index (χ2v) is 9.70. The third-order valence-electron chi connectivity index (χ3n) is 4.07. The lowest BCUT2D eigenvalue weighted by Gasteiger charge is -2.11. The number of carbonyl (C=O) groups is 1. The average Bonchev–Trinajstić information content (AvgIpc) is 2.54. The summed E-state index contributed by atoms with van der Waals surface area (Å²) in [5.41, 5.74) is 0. The SMILES string of the molecule is C=CC(=O)OC(C)CCCCCCCCCCCCC[Si]C(Cl)Cl. The zero-order valence-corrected chi connectivity index (χ0v) is 17.7. The van der Waals surface area contributed by atoms with E-state index in [2.05, 4.69) is 6.58 Å². The quantitative estimate of drug-likeness (QED) is 0.0907. The number of hydrogen-bond donors (Lipinski definition) is 0. The molecule has 5 heteroatoms. The Hall–Kier alpha value is 0.00688. The topological polar surface area (TPSA) is 26.3 Å². The van der Waals surface area contributed by atoms with E-state index in [1.165, 1.54) is 76.3 Å². The minimum Gasteiger partial charge on any atom is -0.460 e. The first-order valence-corrected chi connectivity index (χ1v) is 11.6. The number of rotatable bonds is 17. The van der Waals surface area contributed by atoms with Crippen molar-refractivity contribution in [2.24, 2.45) is 0 Å². The van der Waals surface area contributed by atoms with Crippen LogP contribution in [0.15, 0.2) is 12.7 Å². The summed E-state index contributed by atoms with van der Waals surface area (Å²) < 4.78 is 4.99. The number of carbonyl (C=O) groups excluding carboxylic acids is 1. The Kier molecular flexibility index (Phi) is 17.8. The van der Waals surface area contributed by atoms with Gasteiger partial charge in [0.05, 0.1) is 20.1 Å². The van der Waals surface area contributed by atoms with E-state index in [4.69, 9.17) is 27.9 Å². The molecule has 0 spiro atoms. The summed E-state index contributed by atoms with van der Waals surface area (Å²) in [5.74, 6) is -0.315. The highest BCUT2D eigenvalue weighted by molar-refractivity contribution is 6.68. The van der Waals surface area contributed by atoms with Crippen LogP contribution >= 0.6 is 23.2 Å². The molecule has 0 N–H and O–H groups in total. The molecule has 0 aliphatic rings. The highest BCUT2D eigenvalue weighted by Crippen LogP contribution is 2.14. The number of alkyl halides is 2. The van der Waals surface area contributed by atoms with Crippen molar-refractivity contribution in [1.29, 1.82) is 0 Å². The molecule has 0 amide bonds. The molecule has 0 fully saturated rings. The number of halogens is 2. The van der Waals surface area contributed by atoms with Gasteiger partial charge in [0.1, 0.15) is 0 Å². The van der Waals surface area contributed by atoms with Crippen molar-refractivity contribution in [2.45, 2.75) is 101 Å². The van der Waals surface area contributed by atoms with Crippen molar-refractivity contribution in [1.82, 2.24) is 0 Å². The predicted octanol–water partition coefficient (Wildman–Crippen LogP) is 6.67. The molecule has 0 rings (SSSR count). The first kappa shape index (κ1) is 24.0. The van der Waals surface area contributed by atoms with Crippen LogP contribution in [0.25, 0.3) is 0 Å². The van der Waals surface area contributed by atoms with Crippen LogP contribution in [0, 0.1) is 0 Å². The Morgan fingerprint density at radius 1 is 0.958 bits per heavy atom. The van der Waals surface area contributed by atoms with Gasteiger partial charge in [-0.3, -0.25) is 0 Å². The van der Waals surface area contributed by atoms with Gasteiger partial charge in [0.15, 0.2) is 0 Å². The maximum Gasteiger partial charge on any atom is 0.330 e. The maximum atomic E-state index is 11.0. The molecule has 2 radical (unpaired) electrons. The lowest BCUT2D eigenvalue weighted by molar-refractivity contribution is -0.142. The van der Waals surface area contributed by atoms with Crippen molar-refractivity contribution in [3.8, 4) is 0 Å². The maximum absolute atomic E-state index is 11.0. The zero-order valence-electron chi connectivity index (χ0n) is 15.2. The van der Waals surface area contributed by atoms with E-state index in [1.807, 2.05) is 6.92 Å². The van der Waals surface area contributed by atoms with Crippen molar-refractivity contribution in [2.75, 3.05) is 0 Å². The fraction of sp³-hybridized carbons (Fsp3) is 0.842. The summed E-state index contributed by atoms with van der Waals surface area (Å²) in [7, 11) is 0.699. The Balaban J connectivity index is 3.15. The van der Waals surface area contributed by atoms with Crippen LogP contribution < -0.4 is 0 Å². The van der Waals surface area contributed by atoms with Gasteiger partial charge in [-0.2, -0.15) is 0 Å². The average molecular weight is 393 g/mol. The van der Waals surface area contributed by atoms with E-state index in [9.17, 15) is 4.79 Å². The Labute approximate surface area is 161 Å². The Bertz CT molecular complexity index is 312. The van der Waals surface area contributed by atoms with Gasteiger partial charge in [0.25, 0.3) is 0 Å². The van der Waals surface area contributed by atoms with Crippen molar-refractivity contribution >= 4 is 38.7 Å². The lowest BCUT2D eigenvalue weighted by Crippen LogP contribution is -2.12. The van der Waals surface area contributed by atoms with Crippen LogP contribution in [-0.2, 0) is 9.53 Å². The number of esters is 1. The van der Waals surface area contributed by atoms with Gasteiger partial charge in [-0.1, -0.05) is 76.8 Å². The van der Waals surface area contributed by atoms with Crippen molar-refractivity contribution in [3.05, 3.63) is 12.7 Å². The minimum atomic E-state index is -0.315. The van der Waals surface area contributed by atoms with Gasteiger partial charge in [-0.25, -0.2) is 4.79 Å². The van der Waals surface area contributed by atoms with Crippen LogP contribution in [0.2, 0.25) is 6.04 Å². The molecule has 1 atom stereocenters. The van der Waals surface area contributed by atoms with Crippen LogP contribution in [0.3, 0.4) is 0 Å². The molecular formula is C19H34Cl2O2Si. The summed E-state index contributed by atoms with van der Waals surface area (Å²) in [6.07, 6.45) is 16.6. The largest absolute Gasteiger partial charge is 0.460 e. The molecule has 0 saturated carbocycles. The highest BCUT2D eigenvalue weighted by Gasteiger charge is 2.05. The Morgan fingerprint density at radius 2 is 1.42 bits per heavy atom.